The maximum absolute atomic E-state index is 11.0. The minimum atomic E-state index is -0.645. The van der Waals surface area contributed by atoms with E-state index >= 15 is 0 Å². The van der Waals surface area contributed by atoms with Crippen molar-refractivity contribution in [2.45, 2.75) is 50.5 Å². The van der Waals surface area contributed by atoms with Crippen molar-refractivity contribution < 1.29 is 23.7 Å². The number of fused-ring (bicyclic) bond motifs is 1. The SMILES string of the molecule is CCCCOCCO[C@H]1C[C@@H](N)[C@@H]2OC(=O)O[C@@H]21. The van der Waals surface area contributed by atoms with Gasteiger partial charge in [-0.2, -0.15) is 0 Å². The van der Waals surface area contributed by atoms with Crippen molar-refractivity contribution in [1.29, 1.82) is 0 Å². The van der Waals surface area contributed by atoms with Gasteiger partial charge in [-0.25, -0.2) is 4.79 Å². The van der Waals surface area contributed by atoms with Crippen molar-refractivity contribution in [3.8, 4) is 0 Å². The van der Waals surface area contributed by atoms with Crippen LogP contribution in [0.25, 0.3) is 0 Å². The van der Waals surface area contributed by atoms with E-state index < -0.39 is 6.16 Å². The van der Waals surface area contributed by atoms with Gasteiger partial charge in [0.05, 0.1) is 13.2 Å². The second-order valence-electron chi connectivity index (χ2n) is 4.69. The molecule has 1 aliphatic carbocycles. The molecule has 6 nitrogen and oxygen atoms in total. The van der Waals surface area contributed by atoms with Crippen LogP contribution >= 0.6 is 0 Å². The molecule has 0 bridgehead atoms. The smallest absolute Gasteiger partial charge is 0.425 e. The van der Waals surface area contributed by atoms with Crippen molar-refractivity contribution in [3.63, 3.8) is 0 Å². The normalized spacial score (nSPS) is 34.2. The van der Waals surface area contributed by atoms with Crippen molar-refractivity contribution >= 4 is 6.16 Å². The monoisotopic (exact) mass is 259 g/mol. The molecule has 18 heavy (non-hydrogen) atoms. The molecule has 1 saturated heterocycles. The first-order chi connectivity index (χ1) is 8.72. The lowest BCUT2D eigenvalue weighted by Crippen LogP contribution is -2.34. The molecule has 0 radical (unpaired) electrons. The summed E-state index contributed by atoms with van der Waals surface area (Å²) >= 11 is 0. The van der Waals surface area contributed by atoms with E-state index in [1.807, 2.05) is 0 Å². The van der Waals surface area contributed by atoms with E-state index in [1.165, 1.54) is 0 Å². The Labute approximate surface area is 107 Å². The van der Waals surface area contributed by atoms with E-state index in [-0.39, 0.29) is 24.4 Å². The van der Waals surface area contributed by atoms with Gasteiger partial charge in [0.25, 0.3) is 0 Å². The standard InChI is InChI=1S/C12H21NO5/c1-2-3-4-15-5-6-16-9-7-8(13)10-11(9)18-12(14)17-10/h8-11H,2-7,13H2,1H3/t8-,9+,10+,11-/m1/s1. The van der Waals surface area contributed by atoms with Crippen LogP contribution in [0.3, 0.4) is 0 Å². The van der Waals surface area contributed by atoms with Crippen LogP contribution in [0.2, 0.25) is 0 Å². The zero-order chi connectivity index (χ0) is 13.0. The molecule has 1 saturated carbocycles. The van der Waals surface area contributed by atoms with Crippen LogP contribution in [-0.4, -0.2) is 50.3 Å². The summed E-state index contributed by atoms with van der Waals surface area (Å²) in [4.78, 5) is 11.0. The molecule has 2 fully saturated rings. The Hall–Kier alpha value is -0.850. The molecule has 2 rings (SSSR count). The molecule has 2 aliphatic rings. The van der Waals surface area contributed by atoms with Crippen LogP contribution in [0.1, 0.15) is 26.2 Å². The maximum atomic E-state index is 11.0. The predicted octanol–water partition coefficient (Wildman–Crippen LogP) is 0.823. The largest absolute Gasteiger partial charge is 0.509 e. The van der Waals surface area contributed by atoms with Crippen molar-refractivity contribution in [3.05, 3.63) is 0 Å². The zero-order valence-electron chi connectivity index (χ0n) is 10.7. The first kappa shape index (κ1) is 13.6. The quantitative estimate of drug-likeness (QED) is 0.538. The Morgan fingerprint density at radius 1 is 1.28 bits per heavy atom. The Morgan fingerprint density at radius 3 is 2.83 bits per heavy atom. The Morgan fingerprint density at radius 2 is 2.06 bits per heavy atom. The van der Waals surface area contributed by atoms with Crippen molar-refractivity contribution in [2.24, 2.45) is 5.73 Å². The summed E-state index contributed by atoms with van der Waals surface area (Å²) in [6.07, 6.45) is 1.29. The molecule has 1 heterocycles. The van der Waals surface area contributed by atoms with E-state index in [0.717, 1.165) is 19.4 Å². The number of hydrogen-bond acceptors (Lipinski definition) is 6. The minimum absolute atomic E-state index is 0.175. The molecular formula is C12H21NO5. The fourth-order valence-corrected chi connectivity index (χ4v) is 2.31. The number of nitrogens with two attached hydrogens (primary N) is 1. The third kappa shape index (κ3) is 3.13. The van der Waals surface area contributed by atoms with Gasteiger partial charge in [0.2, 0.25) is 0 Å². The fourth-order valence-electron chi connectivity index (χ4n) is 2.31. The number of hydrogen-bond donors (Lipinski definition) is 1. The van der Waals surface area contributed by atoms with E-state index in [4.69, 9.17) is 24.7 Å². The van der Waals surface area contributed by atoms with E-state index in [1.54, 1.807) is 0 Å². The van der Waals surface area contributed by atoms with Crippen LogP contribution in [-0.2, 0) is 18.9 Å². The molecule has 0 aromatic carbocycles. The summed E-state index contributed by atoms with van der Waals surface area (Å²) in [5.41, 5.74) is 5.87. The van der Waals surface area contributed by atoms with Gasteiger partial charge in [-0.3, -0.25) is 0 Å². The number of carbonyl (C=O) groups is 1. The van der Waals surface area contributed by atoms with E-state index in [2.05, 4.69) is 6.92 Å². The first-order valence-corrected chi connectivity index (χ1v) is 6.54. The highest BCUT2D eigenvalue weighted by molar-refractivity contribution is 5.63. The van der Waals surface area contributed by atoms with Crippen molar-refractivity contribution in [2.75, 3.05) is 19.8 Å². The van der Waals surface area contributed by atoms with Gasteiger partial charge in [-0.1, -0.05) is 13.3 Å². The molecule has 0 aromatic heterocycles. The number of rotatable bonds is 7. The molecule has 0 unspecified atom stereocenters. The summed E-state index contributed by atoms with van der Waals surface area (Å²) in [6, 6.07) is -0.201. The molecular weight excluding hydrogens is 238 g/mol. The highest BCUT2D eigenvalue weighted by Gasteiger charge is 2.52. The average Bonchev–Trinajstić information content (AvgIpc) is 2.85. The summed E-state index contributed by atoms with van der Waals surface area (Å²) in [5, 5.41) is 0. The molecule has 4 atom stereocenters. The second-order valence-corrected chi connectivity index (χ2v) is 4.69. The molecule has 0 aromatic rings. The highest BCUT2D eigenvalue weighted by Crippen LogP contribution is 2.32. The Bertz CT molecular complexity index is 286. The highest BCUT2D eigenvalue weighted by atomic mass is 16.8. The fraction of sp³-hybridized carbons (Fsp3) is 0.917. The molecule has 0 spiro atoms. The van der Waals surface area contributed by atoms with Crippen LogP contribution < -0.4 is 5.73 Å². The van der Waals surface area contributed by atoms with Crippen LogP contribution in [0.15, 0.2) is 0 Å². The lowest BCUT2D eigenvalue weighted by Gasteiger charge is -2.16. The lowest BCUT2D eigenvalue weighted by molar-refractivity contribution is -0.0385. The molecule has 104 valence electrons. The number of carbonyl (C=O) groups excluding carboxylic acids is 1. The predicted molar refractivity (Wildman–Crippen MR) is 63.2 cm³/mol. The number of unbranched alkanes of at least 4 members (excludes halogenated alkanes) is 1. The van der Waals surface area contributed by atoms with Crippen LogP contribution in [0.5, 0.6) is 0 Å². The van der Waals surface area contributed by atoms with Crippen LogP contribution in [0, 0.1) is 0 Å². The molecule has 6 heteroatoms. The summed E-state index contributed by atoms with van der Waals surface area (Å²) < 4.78 is 21.1. The molecule has 0 amide bonds. The Balaban J connectivity index is 1.66. The lowest BCUT2D eigenvalue weighted by atomic mass is 10.2. The summed E-state index contributed by atoms with van der Waals surface area (Å²) in [6.45, 7) is 3.92. The third-order valence-corrected chi connectivity index (χ3v) is 3.28. The topological polar surface area (TPSA) is 80.0 Å². The molecule has 1 aliphatic heterocycles. The average molecular weight is 259 g/mol. The third-order valence-electron chi connectivity index (χ3n) is 3.28. The van der Waals surface area contributed by atoms with Gasteiger partial charge in [0, 0.05) is 12.6 Å². The maximum Gasteiger partial charge on any atom is 0.509 e. The minimum Gasteiger partial charge on any atom is -0.425 e. The second kappa shape index (κ2) is 6.36. The van der Waals surface area contributed by atoms with Gasteiger partial charge < -0.3 is 24.7 Å². The summed E-state index contributed by atoms with van der Waals surface area (Å²) in [7, 11) is 0. The Kier molecular flexibility index (Phi) is 4.79. The van der Waals surface area contributed by atoms with Gasteiger partial charge in [-0.05, 0) is 12.8 Å². The number of ether oxygens (including phenoxy) is 4. The van der Waals surface area contributed by atoms with Gasteiger partial charge >= 0.3 is 6.16 Å². The molecule has 2 N–H and O–H groups in total. The summed E-state index contributed by atoms with van der Waals surface area (Å²) in [5.74, 6) is 0. The van der Waals surface area contributed by atoms with Crippen molar-refractivity contribution in [1.82, 2.24) is 0 Å². The first-order valence-electron chi connectivity index (χ1n) is 6.54. The van der Waals surface area contributed by atoms with Gasteiger partial charge in [0.15, 0.2) is 12.2 Å². The van der Waals surface area contributed by atoms with Crippen LogP contribution in [0.4, 0.5) is 4.79 Å². The van der Waals surface area contributed by atoms with E-state index in [9.17, 15) is 4.79 Å². The van der Waals surface area contributed by atoms with E-state index in [0.29, 0.717) is 19.6 Å². The van der Waals surface area contributed by atoms with Gasteiger partial charge in [0.1, 0.15) is 6.10 Å². The zero-order valence-corrected chi connectivity index (χ0v) is 10.7. The van der Waals surface area contributed by atoms with Gasteiger partial charge in [-0.15, -0.1) is 0 Å².